The Morgan fingerprint density at radius 2 is 1.83 bits per heavy atom. The molecule has 0 bridgehead atoms. The molecule has 1 aromatic rings. The second-order valence-electron chi connectivity index (χ2n) is 3.43. The SMILES string of the molecule is CON=C(Cc1ccc(OC)c(OC)c1)C(F)F. The molecule has 0 atom stereocenters. The van der Waals surface area contributed by atoms with Crippen molar-refractivity contribution in [3.05, 3.63) is 23.8 Å². The molecule has 0 aliphatic carbocycles. The zero-order valence-corrected chi connectivity index (χ0v) is 10.4. The smallest absolute Gasteiger partial charge is 0.280 e. The Balaban J connectivity index is 2.94. The van der Waals surface area contributed by atoms with Crippen LogP contribution >= 0.6 is 0 Å². The van der Waals surface area contributed by atoms with Crippen molar-refractivity contribution in [2.24, 2.45) is 5.16 Å². The minimum Gasteiger partial charge on any atom is -0.493 e. The van der Waals surface area contributed by atoms with Crippen LogP contribution in [-0.4, -0.2) is 33.5 Å². The summed E-state index contributed by atoms with van der Waals surface area (Å²) >= 11 is 0. The van der Waals surface area contributed by atoms with Crippen LogP contribution in [0.5, 0.6) is 11.5 Å². The van der Waals surface area contributed by atoms with E-state index >= 15 is 0 Å². The Labute approximate surface area is 104 Å². The third-order valence-electron chi connectivity index (χ3n) is 2.29. The lowest BCUT2D eigenvalue weighted by Gasteiger charge is -2.10. The standard InChI is InChI=1S/C12H15F2NO3/c1-16-10-5-4-8(7-11(10)17-2)6-9(12(13)14)15-18-3/h4-5,7,12H,6H2,1-3H3. The Morgan fingerprint density at radius 3 is 2.33 bits per heavy atom. The minimum atomic E-state index is -2.65. The van der Waals surface area contributed by atoms with E-state index in [9.17, 15) is 8.78 Å². The summed E-state index contributed by atoms with van der Waals surface area (Å²) in [6, 6.07) is 4.96. The van der Waals surface area contributed by atoms with E-state index in [0.29, 0.717) is 17.1 Å². The molecule has 0 amide bonds. The molecule has 0 heterocycles. The fourth-order valence-corrected chi connectivity index (χ4v) is 1.47. The second kappa shape index (κ2) is 6.78. The molecule has 0 fully saturated rings. The molecule has 0 N–H and O–H groups in total. The molecule has 0 unspecified atom stereocenters. The number of hydrogen-bond acceptors (Lipinski definition) is 4. The quantitative estimate of drug-likeness (QED) is 0.582. The monoisotopic (exact) mass is 259 g/mol. The van der Waals surface area contributed by atoms with Crippen LogP contribution in [0.15, 0.2) is 23.4 Å². The molecule has 18 heavy (non-hydrogen) atoms. The van der Waals surface area contributed by atoms with E-state index in [-0.39, 0.29) is 12.1 Å². The van der Waals surface area contributed by atoms with Gasteiger partial charge in [-0.1, -0.05) is 11.2 Å². The molecule has 4 nitrogen and oxygen atoms in total. The van der Waals surface area contributed by atoms with Crippen molar-refractivity contribution in [1.29, 1.82) is 0 Å². The summed E-state index contributed by atoms with van der Waals surface area (Å²) < 4.78 is 35.4. The normalized spacial score (nSPS) is 11.6. The molecule has 0 aliphatic rings. The minimum absolute atomic E-state index is 0.00807. The summed E-state index contributed by atoms with van der Waals surface area (Å²) in [6.45, 7) is 0. The van der Waals surface area contributed by atoms with Crippen molar-refractivity contribution in [1.82, 2.24) is 0 Å². The van der Waals surface area contributed by atoms with E-state index < -0.39 is 6.43 Å². The lowest BCUT2D eigenvalue weighted by molar-refractivity contribution is 0.184. The van der Waals surface area contributed by atoms with Crippen LogP contribution in [0, 0.1) is 0 Å². The number of ether oxygens (including phenoxy) is 2. The highest BCUT2D eigenvalue weighted by Gasteiger charge is 2.16. The fourth-order valence-electron chi connectivity index (χ4n) is 1.47. The average molecular weight is 259 g/mol. The lowest BCUT2D eigenvalue weighted by Crippen LogP contribution is -2.14. The first-order valence-corrected chi connectivity index (χ1v) is 5.21. The maximum absolute atomic E-state index is 12.6. The molecule has 1 aromatic carbocycles. The second-order valence-corrected chi connectivity index (χ2v) is 3.43. The maximum atomic E-state index is 12.6. The van der Waals surface area contributed by atoms with E-state index in [4.69, 9.17) is 9.47 Å². The molecule has 6 heteroatoms. The topological polar surface area (TPSA) is 40.0 Å². The number of alkyl halides is 2. The molecule has 0 radical (unpaired) electrons. The number of hydrogen-bond donors (Lipinski definition) is 0. The maximum Gasteiger partial charge on any atom is 0.280 e. The van der Waals surface area contributed by atoms with Gasteiger partial charge in [0.05, 0.1) is 14.2 Å². The average Bonchev–Trinajstić information content (AvgIpc) is 2.37. The van der Waals surface area contributed by atoms with Gasteiger partial charge < -0.3 is 14.3 Å². The van der Waals surface area contributed by atoms with Crippen LogP contribution in [0.4, 0.5) is 8.78 Å². The molecule has 0 saturated carbocycles. The summed E-state index contributed by atoms with van der Waals surface area (Å²) in [5, 5.41) is 3.31. The van der Waals surface area contributed by atoms with E-state index in [1.807, 2.05) is 0 Å². The first-order valence-electron chi connectivity index (χ1n) is 5.21. The molecular formula is C12H15F2NO3. The van der Waals surface area contributed by atoms with Crippen molar-refractivity contribution in [3.63, 3.8) is 0 Å². The van der Waals surface area contributed by atoms with E-state index in [0.717, 1.165) is 0 Å². The van der Waals surface area contributed by atoms with Gasteiger partial charge in [0.15, 0.2) is 11.5 Å². The van der Waals surface area contributed by atoms with Crippen LogP contribution in [-0.2, 0) is 11.3 Å². The summed E-state index contributed by atoms with van der Waals surface area (Å²) in [6.07, 6.45) is -2.66. The van der Waals surface area contributed by atoms with Gasteiger partial charge in [0.25, 0.3) is 6.43 Å². The van der Waals surface area contributed by atoms with Crippen molar-refractivity contribution in [3.8, 4) is 11.5 Å². The Morgan fingerprint density at radius 1 is 1.17 bits per heavy atom. The van der Waals surface area contributed by atoms with Crippen molar-refractivity contribution in [2.75, 3.05) is 21.3 Å². The zero-order valence-electron chi connectivity index (χ0n) is 10.4. The molecule has 0 aliphatic heterocycles. The number of halogens is 2. The molecule has 0 aromatic heterocycles. The van der Waals surface area contributed by atoms with Crippen LogP contribution < -0.4 is 9.47 Å². The third-order valence-corrected chi connectivity index (χ3v) is 2.29. The Hall–Kier alpha value is -1.85. The van der Waals surface area contributed by atoms with Crippen LogP contribution in [0.2, 0.25) is 0 Å². The first-order chi connectivity index (χ1) is 8.62. The lowest BCUT2D eigenvalue weighted by atomic mass is 10.1. The van der Waals surface area contributed by atoms with Gasteiger partial charge in [-0.2, -0.15) is 0 Å². The highest BCUT2D eigenvalue weighted by molar-refractivity contribution is 5.89. The Kier molecular flexibility index (Phi) is 5.35. The number of benzene rings is 1. The third kappa shape index (κ3) is 3.58. The fraction of sp³-hybridized carbons (Fsp3) is 0.417. The van der Waals surface area contributed by atoms with E-state index in [1.165, 1.54) is 21.3 Å². The van der Waals surface area contributed by atoms with Crippen molar-refractivity contribution >= 4 is 5.71 Å². The van der Waals surface area contributed by atoms with Crippen molar-refractivity contribution in [2.45, 2.75) is 12.8 Å². The van der Waals surface area contributed by atoms with Gasteiger partial charge >= 0.3 is 0 Å². The van der Waals surface area contributed by atoms with Gasteiger partial charge in [-0.15, -0.1) is 0 Å². The van der Waals surface area contributed by atoms with Gasteiger partial charge in [0.2, 0.25) is 0 Å². The summed E-state index contributed by atoms with van der Waals surface area (Å²) in [5.41, 5.74) is 0.313. The predicted molar refractivity (Wildman–Crippen MR) is 63.7 cm³/mol. The van der Waals surface area contributed by atoms with Gasteiger partial charge in [0.1, 0.15) is 12.8 Å². The van der Waals surface area contributed by atoms with Crippen molar-refractivity contribution < 1.29 is 23.1 Å². The summed E-state index contributed by atoms with van der Waals surface area (Å²) in [4.78, 5) is 4.39. The number of methoxy groups -OCH3 is 2. The number of oxime groups is 1. The molecular weight excluding hydrogens is 244 g/mol. The predicted octanol–water partition coefficient (Wildman–Crippen LogP) is 2.51. The largest absolute Gasteiger partial charge is 0.493 e. The highest BCUT2D eigenvalue weighted by atomic mass is 19.3. The Bertz CT molecular complexity index is 422. The van der Waals surface area contributed by atoms with Gasteiger partial charge in [-0.05, 0) is 17.7 Å². The van der Waals surface area contributed by atoms with Crippen LogP contribution in [0.25, 0.3) is 0 Å². The highest BCUT2D eigenvalue weighted by Crippen LogP contribution is 2.28. The van der Waals surface area contributed by atoms with Gasteiger partial charge in [-0.25, -0.2) is 8.78 Å². The number of nitrogens with zero attached hydrogens (tertiary/aromatic N) is 1. The number of rotatable bonds is 6. The first kappa shape index (κ1) is 14.2. The van der Waals surface area contributed by atoms with Gasteiger partial charge in [-0.3, -0.25) is 0 Å². The zero-order chi connectivity index (χ0) is 13.5. The summed E-state index contributed by atoms with van der Waals surface area (Å²) in [5.74, 6) is 1.03. The molecule has 100 valence electrons. The van der Waals surface area contributed by atoms with Crippen LogP contribution in [0.1, 0.15) is 5.56 Å². The molecule has 0 saturated heterocycles. The molecule has 1 rings (SSSR count). The molecule has 0 spiro atoms. The van der Waals surface area contributed by atoms with E-state index in [1.54, 1.807) is 18.2 Å². The van der Waals surface area contributed by atoms with Crippen LogP contribution in [0.3, 0.4) is 0 Å². The van der Waals surface area contributed by atoms with Gasteiger partial charge in [0, 0.05) is 6.42 Å². The van der Waals surface area contributed by atoms with E-state index in [2.05, 4.69) is 9.99 Å². The summed E-state index contributed by atoms with van der Waals surface area (Å²) in [7, 11) is 4.23.